The highest BCUT2D eigenvalue weighted by Crippen LogP contribution is 2.46. The number of anilines is 1. The van der Waals surface area contributed by atoms with Crippen LogP contribution in [0.4, 0.5) is 5.95 Å². The third-order valence-electron chi connectivity index (χ3n) is 4.91. The van der Waals surface area contributed by atoms with Crippen LogP contribution in [-0.4, -0.2) is 32.8 Å². The van der Waals surface area contributed by atoms with Crippen molar-refractivity contribution in [3.8, 4) is 11.5 Å². The van der Waals surface area contributed by atoms with E-state index in [-0.39, 0.29) is 12.6 Å². The maximum Gasteiger partial charge on any atom is 0.248 e. The molecule has 0 saturated carbocycles. The number of hydrogen-bond donors (Lipinski definition) is 1. The van der Waals surface area contributed by atoms with Gasteiger partial charge in [0, 0.05) is 11.1 Å². The van der Waals surface area contributed by atoms with Gasteiger partial charge in [-0.3, -0.25) is 4.79 Å². The molecule has 1 N–H and O–H groups in total. The monoisotopic (exact) mass is 345 g/mol. The zero-order valence-corrected chi connectivity index (χ0v) is 13.3. The summed E-state index contributed by atoms with van der Waals surface area (Å²) in [6, 6.07) is 12.7. The highest BCUT2D eigenvalue weighted by Gasteiger charge is 2.41. The van der Waals surface area contributed by atoms with E-state index in [9.17, 15) is 4.79 Å². The van der Waals surface area contributed by atoms with E-state index in [1.54, 1.807) is 4.68 Å². The summed E-state index contributed by atoms with van der Waals surface area (Å²) >= 11 is 0. The molecule has 26 heavy (non-hydrogen) atoms. The van der Waals surface area contributed by atoms with Crippen LogP contribution in [-0.2, 0) is 0 Å². The lowest BCUT2D eigenvalue weighted by atomic mass is 9.94. The van der Waals surface area contributed by atoms with Gasteiger partial charge in [-0.1, -0.05) is 35.4 Å². The van der Waals surface area contributed by atoms with Gasteiger partial charge in [-0.15, -0.1) is 0 Å². The Bertz CT molecular complexity index is 1130. The Morgan fingerprint density at radius 1 is 1.08 bits per heavy atom. The first-order valence-electron chi connectivity index (χ1n) is 8.14. The summed E-state index contributed by atoms with van der Waals surface area (Å²) in [5, 5.41) is 15.1. The van der Waals surface area contributed by atoms with Crippen molar-refractivity contribution in [1.29, 1.82) is 0 Å². The van der Waals surface area contributed by atoms with E-state index in [0.29, 0.717) is 28.6 Å². The minimum atomic E-state index is -0.439. The molecule has 8 nitrogen and oxygen atoms in total. The molecule has 3 heterocycles. The molecule has 6 rings (SSSR count). The predicted molar refractivity (Wildman–Crippen MR) is 89.8 cm³/mol. The van der Waals surface area contributed by atoms with Crippen molar-refractivity contribution in [2.45, 2.75) is 6.04 Å². The molecule has 8 heteroatoms. The molecule has 0 unspecified atom stereocenters. The minimum absolute atomic E-state index is 0.0214. The standard InChI is InChI=1S/C18H11N5O3/c24-17-11-4-2-1-3-10(11)15-14(17)16(23-18(19-15)20-21-22-23)9-5-6-12-13(7-9)26-8-25-12/h1-7,16H,8H2,(H,19,20,22)/t16-/m1/s1. The number of tetrazole rings is 1. The smallest absolute Gasteiger partial charge is 0.248 e. The molecule has 0 saturated heterocycles. The van der Waals surface area contributed by atoms with Gasteiger partial charge in [-0.05, 0) is 28.1 Å². The van der Waals surface area contributed by atoms with Crippen LogP contribution in [0.1, 0.15) is 27.5 Å². The lowest BCUT2D eigenvalue weighted by Crippen LogP contribution is -2.25. The van der Waals surface area contributed by atoms with Crippen LogP contribution in [0.5, 0.6) is 11.5 Å². The van der Waals surface area contributed by atoms with Gasteiger partial charge in [0.2, 0.25) is 12.7 Å². The quantitative estimate of drug-likeness (QED) is 0.721. The Kier molecular flexibility index (Phi) is 2.45. The molecular formula is C18H11N5O3. The molecule has 0 amide bonds. The summed E-state index contributed by atoms with van der Waals surface area (Å²) in [5.74, 6) is 1.82. The van der Waals surface area contributed by atoms with Gasteiger partial charge in [0.1, 0.15) is 6.04 Å². The number of nitrogens with zero attached hydrogens (tertiary/aromatic N) is 4. The normalized spacial score (nSPS) is 19.1. The summed E-state index contributed by atoms with van der Waals surface area (Å²) in [6.45, 7) is 0.194. The second-order valence-electron chi connectivity index (χ2n) is 6.25. The first-order valence-corrected chi connectivity index (χ1v) is 8.14. The minimum Gasteiger partial charge on any atom is -0.454 e. The molecule has 0 radical (unpaired) electrons. The largest absolute Gasteiger partial charge is 0.454 e. The number of aromatic nitrogens is 4. The number of Topliss-reactive ketones (excluding diaryl/α,β-unsaturated/α-hetero) is 1. The molecule has 2 aromatic carbocycles. The fourth-order valence-electron chi connectivity index (χ4n) is 3.77. The van der Waals surface area contributed by atoms with E-state index >= 15 is 0 Å². The second kappa shape index (κ2) is 4.69. The highest BCUT2D eigenvalue weighted by atomic mass is 16.7. The predicted octanol–water partition coefficient (Wildman–Crippen LogP) is 2.02. The van der Waals surface area contributed by atoms with E-state index in [1.165, 1.54) is 0 Å². The van der Waals surface area contributed by atoms with Crippen LogP contribution < -0.4 is 14.8 Å². The Hall–Kier alpha value is -3.68. The Morgan fingerprint density at radius 3 is 2.85 bits per heavy atom. The maximum atomic E-state index is 13.1. The van der Waals surface area contributed by atoms with E-state index in [0.717, 1.165) is 16.8 Å². The number of carbonyl (C=O) groups excluding carboxylic acids is 1. The third kappa shape index (κ3) is 1.62. The summed E-state index contributed by atoms with van der Waals surface area (Å²) in [5.41, 5.74) is 3.79. The Morgan fingerprint density at radius 2 is 1.92 bits per heavy atom. The van der Waals surface area contributed by atoms with Gasteiger partial charge >= 0.3 is 0 Å². The number of nitrogens with one attached hydrogen (secondary N) is 1. The lowest BCUT2D eigenvalue weighted by molar-refractivity contribution is 0.102. The van der Waals surface area contributed by atoms with Crippen LogP contribution in [0.3, 0.4) is 0 Å². The van der Waals surface area contributed by atoms with Gasteiger partial charge in [-0.2, -0.15) is 4.68 Å². The van der Waals surface area contributed by atoms with E-state index in [4.69, 9.17) is 9.47 Å². The molecule has 3 aliphatic rings. The zero-order valence-electron chi connectivity index (χ0n) is 13.3. The van der Waals surface area contributed by atoms with Gasteiger partial charge in [0.15, 0.2) is 17.3 Å². The van der Waals surface area contributed by atoms with Crippen LogP contribution in [0.25, 0.3) is 5.70 Å². The van der Waals surface area contributed by atoms with E-state index < -0.39 is 6.04 Å². The first kappa shape index (κ1) is 13.6. The molecule has 0 bridgehead atoms. The number of hydrogen-bond acceptors (Lipinski definition) is 7. The fourth-order valence-corrected chi connectivity index (χ4v) is 3.77. The molecule has 1 aromatic heterocycles. The van der Waals surface area contributed by atoms with Crippen molar-refractivity contribution >= 4 is 17.4 Å². The molecule has 0 fully saturated rings. The van der Waals surface area contributed by atoms with Crippen molar-refractivity contribution < 1.29 is 14.3 Å². The number of benzene rings is 2. The Balaban J connectivity index is 1.59. The van der Waals surface area contributed by atoms with Crippen molar-refractivity contribution in [3.63, 3.8) is 0 Å². The second-order valence-corrected chi connectivity index (χ2v) is 6.25. The van der Waals surface area contributed by atoms with Crippen molar-refractivity contribution in [2.24, 2.45) is 0 Å². The van der Waals surface area contributed by atoms with Crippen molar-refractivity contribution in [3.05, 3.63) is 64.7 Å². The zero-order chi connectivity index (χ0) is 17.3. The van der Waals surface area contributed by atoms with E-state index in [1.807, 2.05) is 42.5 Å². The molecule has 2 aliphatic heterocycles. The van der Waals surface area contributed by atoms with Crippen LogP contribution in [0.2, 0.25) is 0 Å². The van der Waals surface area contributed by atoms with Crippen LogP contribution in [0.15, 0.2) is 48.0 Å². The van der Waals surface area contributed by atoms with E-state index in [2.05, 4.69) is 20.8 Å². The number of allylic oxidation sites excluding steroid dienone is 1. The maximum absolute atomic E-state index is 13.1. The summed E-state index contributed by atoms with van der Waals surface area (Å²) in [7, 11) is 0. The lowest BCUT2D eigenvalue weighted by Gasteiger charge is -2.25. The molecule has 126 valence electrons. The summed E-state index contributed by atoms with van der Waals surface area (Å²) in [4.78, 5) is 13.1. The van der Waals surface area contributed by atoms with Crippen LogP contribution >= 0.6 is 0 Å². The average molecular weight is 345 g/mol. The van der Waals surface area contributed by atoms with Gasteiger partial charge in [-0.25, -0.2) is 0 Å². The number of fused-ring (bicyclic) bond motifs is 4. The van der Waals surface area contributed by atoms with Crippen LogP contribution in [0, 0.1) is 0 Å². The summed E-state index contributed by atoms with van der Waals surface area (Å²) < 4.78 is 12.5. The number of carbonyl (C=O) groups is 1. The molecule has 1 aliphatic carbocycles. The fraction of sp³-hybridized carbons (Fsp3) is 0.111. The Labute approximate surface area is 147 Å². The third-order valence-corrected chi connectivity index (χ3v) is 4.91. The molecule has 0 spiro atoms. The number of ether oxygens (including phenoxy) is 2. The average Bonchev–Trinajstić information content (AvgIpc) is 3.39. The van der Waals surface area contributed by atoms with Crippen molar-refractivity contribution in [1.82, 2.24) is 20.2 Å². The topological polar surface area (TPSA) is 91.2 Å². The SMILES string of the molecule is O=C1C2=C(Nc3nnnn3[C@@H]2c2ccc3c(c2)OCO3)c2ccccc21. The molecule has 3 aromatic rings. The first-order chi connectivity index (χ1) is 12.8. The van der Waals surface area contributed by atoms with Gasteiger partial charge in [0.25, 0.3) is 0 Å². The molecular weight excluding hydrogens is 334 g/mol. The van der Waals surface area contributed by atoms with Crippen molar-refractivity contribution in [2.75, 3.05) is 12.1 Å². The van der Waals surface area contributed by atoms with Gasteiger partial charge in [0.05, 0.1) is 11.3 Å². The van der Waals surface area contributed by atoms with Gasteiger partial charge < -0.3 is 14.8 Å². The number of ketones is 1. The number of rotatable bonds is 1. The molecule has 1 atom stereocenters. The highest BCUT2D eigenvalue weighted by molar-refractivity contribution is 6.23. The summed E-state index contributed by atoms with van der Waals surface area (Å²) in [6.07, 6.45) is 0.